The van der Waals surface area contributed by atoms with Gasteiger partial charge in [-0.15, -0.1) is 0 Å². The molecular weight excluding hydrogens is 194 g/mol. The number of hydrogen-bond donors (Lipinski definition) is 2. The number of rotatable bonds is 3. The maximum atomic E-state index is 11.0. The van der Waals surface area contributed by atoms with Crippen LogP contribution in [0.5, 0.6) is 5.75 Å². The number of ether oxygens (including phenoxy) is 1. The summed E-state index contributed by atoms with van der Waals surface area (Å²) in [6.45, 7) is 1.73. The summed E-state index contributed by atoms with van der Waals surface area (Å²) in [5, 5.41) is 0. The van der Waals surface area contributed by atoms with Crippen molar-refractivity contribution in [2.75, 3.05) is 0 Å². The Hall–Kier alpha value is -2.04. The SMILES string of the molecule is CCC(=O)Oc1ccc(N=C(N)N)cc1. The van der Waals surface area contributed by atoms with Gasteiger partial charge in [-0.05, 0) is 24.3 Å². The second-order valence-corrected chi connectivity index (χ2v) is 2.86. The van der Waals surface area contributed by atoms with Gasteiger partial charge >= 0.3 is 5.97 Å². The maximum Gasteiger partial charge on any atom is 0.310 e. The average Bonchev–Trinajstić information content (AvgIpc) is 2.20. The predicted molar refractivity (Wildman–Crippen MR) is 57.8 cm³/mol. The number of carbonyl (C=O) groups is 1. The fourth-order valence-electron chi connectivity index (χ4n) is 0.941. The van der Waals surface area contributed by atoms with Crippen molar-refractivity contribution >= 4 is 17.6 Å². The van der Waals surface area contributed by atoms with E-state index >= 15 is 0 Å². The molecule has 0 aliphatic heterocycles. The zero-order valence-electron chi connectivity index (χ0n) is 8.43. The van der Waals surface area contributed by atoms with Crippen LogP contribution in [0.25, 0.3) is 0 Å². The molecule has 0 amide bonds. The summed E-state index contributed by atoms with van der Waals surface area (Å²) >= 11 is 0. The van der Waals surface area contributed by atoms with E-state index in [4.69, 9.17) is 16.2 Å². The van der Waals surface area contributed by atoms with Crippen molar-refractivity contribution in [1.82, 2.24) is 0 Å². The molecule has 1 aromatic rings. The van der Waals surface area contributed by atoms with Gasteiger partial charge in [0.1, 0.15) is 5.75 Å². The van der Waals surface area contributed by atoms with E-state index < -0.39 is 0 Å². The standard InChI is InChI=1S/C10H13N3O2/c1-2-9(14)15-8-5-3-7(4-6-8)13-10(11)12/h3-6H,2H2,1H3,(H4,11,12,13). The van der Waals surface area contributed by atoms with Crippen LogP contribution >= 0.6 is 0 Å². The minimum absolute atomic E-state index is 0.00620. The highest BCUT2D eigenvalue weighted by Gasteiger charge is 2.00. The average molecular weight is 207 g/mol. The molecule has 15 heavy (non-hydrogen) atoms. The Morgan fingerprint density at radius 1 is 1.33 bits per heavy atom. The summed E-state index contributed by atoms with van der Waals surface area (Å²) in [6, 6.07) is 6.60. The van der Waals surface area contributed by atoms with Gasteiger partial charge in [-0.1, -0.05) is 6.92 Å². The van der Waals surface area contributed by atoms with E-state index in [2.05, 4.69) is 4.99 Å². The lowest BCUT2D eigenvalue weighted by molar-refractivity contribution is -0.134. The first-order valence-electron chi connectivity index (χ1n) is 4.52. The topological polar surface area (TPSA) is 90.7 Å². The number of esters is 1. The normalized spacial score (nSPS) is 9.40. The van der Waals surface area contributed by atoms with E-state index in [-0.39, 0.29) is 11.9 Å². The van der Waals surface area contributed by atoms with E-state index in [1.54, 1.807) is 31.2 Å². The first kappa shape index (κ1) is 11.0. The molecule has 1 aromatic carbocycles. The molecular formula is C10H13N3O2. The predicted octanol–water partition coefficient (Wildman–Crippen LogP) is 0.907. The van der Waals surface area contributed by atoms with Crippen LogP contribution < -0.4 is 16.2 Å². The summed E-state index contributed by atoms with van der Waals surface area (Å²) in [7, 11) is 0. The van der Waals surface area contributed by atoms with Crippen LogP contribution in [0, 0.1) is 0 Å². The largest absolute Gasteiger partial charge is 0.427 e. The van der Waals surface area contributed by atoms with E-state index in [9.17, 15) is 4.79 Å². The summed E-state index contributed by atoms with van der Waals surface area (Å²) in [5.74, 6) is 0.203. The van der Waals surface area contributed by atoms with E-state index in [0.717, 1.165) is 0 Å². The Morgan fingerprint density at radius 3 is 2.40 bits per heavy atom. The lowest BCUT2D eigenvalue weighted by Gasteiger charge is -2.02. The van der Waals surface area contributed by atoms with Gasteiger partial charge in [0.25, 0.3) is 0 Å². The highest BCUT2D eigenvalue weighted by molar-refractivity contribution is 5.79. The summed E-state index contributed by atoms with van der Waals surface area (Å²) in [5.41, 5.74) is 11.0. The first-order chi connectivity index (χ1) is 7.11. The number of aliphatic imine (C=N–C) groups is 1. The van der Waals surface area contributed by atoms with Crippen molar-refractivity contribution in [3.05, 3.63) is 24.3 Å². The quantitative estimate of drug-likeness (QED) is 0.333. The Kier molecular flexibility index (Phi) is 3.68. The lowest BCUT2D eigenvalue weighted by atomic mass is 10.3. The number of benzene rings is 1. The zero-order valence-corrected chi connectivity index (χ0v) is 8.43. The fourth-order valence-corrected chi connectivity index (χ4v) is 0.941. The van der Waals surface area contributed by atoms with Crippen LogP contribution in [-0.2, 0) is 4.79 Å². The van der Waals surface area contributed by atoms with Crippen LogP contribution in [0.15, 0.2) is 29.3 Å². The monoisotopic (exact) mass is 207 g/mol. The Morgan fingerprint density at radius 2 is 1.93 bits per heavy atom. The van der Waals surface area contributed by atoms with Gasteiger partial charge in [0.05, 0.1) is 5.69 Å². The minimum atomic E-state index is -0.274. The van der Waals surface area contributed by atoms with E-state index in [0.29, 0.717) is 17.9 Å². The van der Waals surface area contributed by atoms with Crippen molar-refractivity contribution in [2.24, 2.45) is 16.5 Å². The van der Waals surface area contributed by atoms with Crippen LogP contribution in [0.1, 0.15) is 13.3 Å². The molecule has 0 saturated carbocycles. The third kappa shape index (κ3) is 3.68. The molecule has 0 bridgehead atoms. The molecule has 0 fully saturated rings. The van der Waals surface area contributed by atoms with Crippen LogP contribution in [0.3, 0.4) is 0 Å². The molecule has 0 aromatic heterocycles. The fraction of sp³-hybridized carbons (Fsp3) is 0.200. The van der Waals surface area contributed by atoms with Crippen LogP contribution in [0.2, 0.25) is 0 Å². The van der Waals surface area contributed by atoms with Gasteiger partial charge in [0, 0.05) is 6.42 Å². The van der Waals surface area contributed by atoms with Gasteiger partial charge < -0.3 is 16.2 Å². The van der Waals surface area contributed by atoms with Gasteiger partial charge in [-0.25, -0.2) is 4.99 Å². The zero-order chi connectivity index (χ0) is 11.3. The molecule has 5 nitrogen and oxygen atoms in total. The molecule has 0 atom stereocenters. The van der Waals surface area contributed by atoms with Gasteiger partial charge in [-0.2, -0.15) is 0 Å². The number of hydrogen-bond acceptors (Lipinski definition) is 3. The number of guanidine groups is 1. The third-order valence-electron chi connectivity index (χ3n) is 1.62. The maximum absolute atomic E-state index is 11.0. The molecule has 0 saturated heterocycles. The highest BCUT2D eigenvalue weighted by atomic mass is 16.5. The van der Waals surface area contributed by atoms with Crippen molar-refractivity contribution in [2.45, 2.75) is 13.3 Å². The Bertz CT molecular complexity index is 367. The summed E-state index contributed by atoms with van der Waals surface area (Å²) < 4.78 is 4.97. The smallest absolute Gasteiger partial charge is 0.310 e. The molecule has 0 radical (unpaired) electrons. The van der Waals surface area contributed by atoms with Gasteiger partial charge in [-0.3, -0.25) is 4.79 Å². The van der Waals surface area contributed by atoms with E-state index in [1.807, 2.05) is 0 Å². The number of carbonyl (C=O) groups excluding carboxylic acids is 1. The Labute approximate surface area is 87.7 Å². The molecule has 0 unspecified atom stereocenters. The molecule has 0 aliphatic carbocycles. The van der Waals surface area contributed by atoms with E-state index in [1.165, 1.54) is 0 Å². The van der Waals surface area contributed by atoms with Crippen molar-refractivity contribution in [1.29, 1.82) is 0 Å². The molecule has 1 rings (SSSR count). The molecule has 5 heteroatoms. The minimum Gasteiger partial charge on any atom is -0.427 e. The third-order valence-corrected chi connectivity index (χ3v) is 1.62. The first-order valence-corrected chi connectivity index (χ1v) is 4.52. The highest BCUT2D eigenvalue weighted by Crippen LogP contribution is 2.18. The van der Waals surface area contributed by atoms with Crippen molar-refractivity contribution in [3.8, 4) is 5.75 Å². The van der Waals surface area contributed by atoms with Gasteiger partial charge in [0.2, 0.25) is 0 Å². The second kappa shape index (κ2) is 4.99. The lowest BCUT2D eigenvalue weighted by Crippen LogP contribution is -2.21. The molecule has 0 spiro atoms. The summed E-state index contributed by atoms with van der Waals surface area (Å²) in [4.78, 5) is 14.8. The van der Waals surface area contributed by atoms with Gasteiger partial charge in [0.15, 0.2) is 5.96 Å². The Balaban J connectivity index is 2.72. The second-order valence-electron chi connectivity index (χ2n) is 2.86. The molecule has 4 N–H and O–H groups in total. The number of nitrogens with two attached hydrogens (primary N) is 2. The molecule has 80 valence electrons. The molecule has 0 aliphatic rings. The van der Waals surface area contributed by atoms with Crippen molar-refractivity contribution in [3.63, 3.8) is 0 Å². The van der Waals surface area contributed by atoms with Crippen LogP contribution in [0.4, 0.5) is 5.69 Å². The number of nitrogens with zero attached hydrogens (tertiary/aromatic N) is 1. The summed E-state index contributed by atoms with van der Waals surface area (Å²) in [6.07, 6.45) is 0.343. The van der Waals surface area contributed by atoms with Crippen LogP contribution in [-0.4, -0.2) is 11.9 Å². The molecule has 0 heterocycles. The van der Waals surface area contributed by atoms with Crippen molar-refractivity contribution < 1.29 is 9.53 Å².